The van der Waals surface area contributed by atoms with E-state index in [2.05, 4.69) is 9.88 Å². The maximum Gasteiger partial charge on any atom is 0.272 e. The molecule has 1 fully saturated rings. The lowest BCUT2D eigenvalue weighted by molar-refractivity contribution is 0.0760. The molecule has 24 heavy (non-hydrogen) atoms. The van der Waals surface area contributed by atoms with Gasteiger partial charge >= 0.3 is 0 Å². The molecule has 2 heterocycles. The van der Waals surface area contributed by atoms with Crippen LogP contribution in [0.25, 0.3) is 0 Å². The van der Waals surface area contributed by atoms with Crippen LogP contribution < -0.4 is 9.64 Å². The molecule has 1 aromatic heterocycles. The van der Waals surface area contributed by atoms with E-state index in [4.69, 9.17) is 4.74 Å². The fraction of sp³-hybridized carbons (Fsp3) is 0.333. The Labute approximate surface area is 140 Å². The molecule has 2 aromatic rings. The monoisotopic (exact) mass is 329 g/mol. The number of amides is 1. The summed E-state index contributed by atoms with van der Waals surface area (Å²) in [4.78, 5) is 20.2. The van der Waals surface area contributed by atoms with E-state index in [-0.39, 0.29) is 11.6 Å². The second kappa shape index (κ2) is 7.29. The Hall–Kier alpha value is -2.63. The largest absolute Gasteiger partial charge is 0.497 e. The molecule has 0 bridgehead atoms. The molecule has 1 amide bonds. The molecule has 1 saturated heterocycles. The van der Waals surface area contributed by atoms with E-state index in [0.717, 1.165) is 30.9 Å². The Morgan fingerprint density at radius 2 is 1.88 bits per heavy atom. The lowest BCUT2D eigenvalue weighted by atomic mass is 10.2. The second-order valence-electron chi connectivity index (χ2n) is 5.68. The standard InChI is InChI=1S/C18H20FN3O2/c1-24-15-8-6-14(7-9-15)21-10-3-11-22(13-12-21)18(23)16-4-2-5-17(19)20-16/h2,4-9H,3,10-13H2,1H3. The van der Waals surface area contributed by atoms with Gasteiger partial charge < -0.3 is 14.5 Å². The summed E-state index contributed by atoms with van der Waals surface area (Å²) >= 11 is 0. The first kappa shape index (κ1) is 16.2. The number of pyridine rings is 1. The fourth-order valence-electron chi connectivity index (χ4n) is 2.86. The molecule has 126 valence electrons. The van der Waals surface area contributed by atoms with Gasteiger partial charge in [0.2, 0.25) is 5.95 Å². The third-order valence-corrected chi connectivity index (χ3v) is 4.15. The molecule has 0 aliphatic carbocycles. The Morgan fingerprint density at radius 3 is 2.58 bits per heavy atom. The summed E-state index contributed by atoms with van der Waals surface area (Å²) in [6, 6.07) is 12.2. The van der Waals surface area contributed by atoms with E-state index < -0.39 is 5.95 Å². The Kier molecular flexibility index (Phi) is 4.93. The first-order valence-electron chi connectivity index (χ1n) is 7.98. The number of aromatic nitrogens is 1. The van der Waals surface area contributed by atoms with E-state index in [1.54, 1.807) is 18.1 Å². The molecule has 6 heteroatoms. The van der Waals surface area contributed by atoms with Crippen LogP contribution in [-0.2, 0) is 0 Å². The lowest BCUT2D eigenvalue weighted by Gasteiger charge is -2.23. The van der Waals surface area contributed by atoms with Crippen molar-refractivity contribution < 1.29 is 13.9 Å². The third-order valence-electron chi connectivity index (χ3n) is 4.15. The van der Waals surface area contributed by atoms with Crippen LogP contribution in [0.5, 0.6) is 5.75 Å². The normalized spacial score (nSPS) is 15.1. The highest BCUT2D eigenvalue weighted by atomic mass is 19.1. The molecule has 0 N–H and O–H groups in total. The smallest absolute Gasteiger partial charge is 0.272 e. The molecule has 0 unspecified atom stereocenters. The first-order valence-corrected chi connectivity index (χ1v) is 7.98. The molecule has 0 spiro atoms. The van der Waals surface area contributed by atoms with Crippen molar-refractivity contribution in [1.29, 1.82) is 0 Å². The van der Waals surface area contributed by atoms with Crippen molar-refractivity contribution in [3.63, 3.8) is 0 Å². The summed E-state index contributed by atoms with van der Waals surface area (Å²) in [5.74, 6) is -0.0239. The molecule has 0 radical (unpaired) electrons. The molecule has 0 atom stereocenters. The summed E-state index contributed by atoms with van der Waals surface area (Å²) in [6.45, 7) is 2.83. The van der Waals surface area contributed by atoms with Gasteiger partial charge in [-0.3, -0.25) is 4.79 Å². The van der Waals surface area contributed by atoms with Crippen molar-refractivity contribution in [3.05, 3.63) is 54.1 Å². The number of anilines is 1. The van der Waals surface area contributed by atoms with Crippen LogP contribution in [0.2, 0.25) is 0 Å². The van der Waals surface area contributed by atoms with Gasteiger partial charge in [-0.15, -0.1) is 0 Å². The highest BCUT2D eigenvalue weighted by Gasteiger charge is 2.21. The number of carbonyl (C=O) groups excluding carboxylic acids is 1. The summed E-state index contributed by atoms with van der Waals surface area (Å²) in [5, 5.41) is 0. The molecule has 5 nitrogen and oxygen atoms in total. The average molecular weight is 329 g/mol. The number of hydrogen-bond acceptors (Lipinski definition) is 4. The number of rotatable bonds is 3. The Balaban J connectivity index is 1.67. The van der Waals surface area contributed by atoms with Crippen molar-refractivity contribution in [2.45, 2.75) is 6.42 Å². The number of methoxy groups -OCH3 is 1. The predicted octanol–water partition coefficient (Wildman–Crippen LogP) is 2.58. The summed E-state index contributed by atoms with van der Waals surface area (Å²) in [6.07, 6.45) is 0.854. The highest BCUT2D eigenvalue weighted by molar-refractivity contribution is 5.92. The zero-order chi connectivity index (χ0) is 16.9. The van der Waals surface area contributed by atoms with Crippen LogP contribution in [0.3, 0.4) is 0 Å². The number of halogens is 1. The highest BCUT2D eigenvalue weighted by Crippen LogP contribution is 2.21. The van der Waals surface area contributed by atoms with Gasteiger partial charge in [0.1, 0.15) is 11.4 Å². The molecule has 1 aromatic carbocycles. The molecular formula is C18H20FN3O2. The van der Waals surface area contributed by atoms with Gasteiger partial charge in [0.05, 0.1) is 7.11 Å². The molecular weight excluding hydrogens is 309 g/mol. The SMILES string of the molecule is COc1ccc(N2CCCN(C(=O)c3cccc(F)n3)CC2)cc1. The average Bonchev–Trinajstić information content (AvgIpc) is 2.87. The molecule has 3 rings (SSSR count). The zero-order valence-corrected chi connectivity index (χ0v) is 13.6. The third kappa shape index (κ3) is 3.64. The van der Waals surface area contributed by atoms with Crippen molar-refractivity contribution in [2.75, 3.05) is 38.2 Å². The van der Waals surface area contributed by atoms with Crippen LogP contribution in [-0.4, -0.2) is 49.1 Å². The van der Waals surface area contributed by atoms with Crippen molar-refractivity contribution >= 4 is 11.6 Å². The number of ether oxygens (including phenoxy) is 1. The van der Waals surface area contributed by atoms with Gasteiger partial charge in [-0.25, -0.2) is 4.98 Å². The number of nitrogens with zero attached hydrogens (tertiary/aromatic N) is 3. The van der Waals surface area contributed by atoms with Gasteiger partial charge in [-0.05, 0) is 42.8 Å². The Bertz CT molecular complexity index is 706. The van der Waals surface area contributed by atoms with E-state index in [0.29, 0.717) is 13.1 Å². The van der Waals surface area contributed by atoms with Crippen LogP contribution in [0.1, 0.15) is 16.9 Å². The van der Waals surface area contributed by atoms with Crippen LogP contribution in [0.4, 0.5) is 10.1 Å². The second-order valence-corrected chi connectivity index (χ2v) is 5.68. The Morgan fingerprint density at radius 1 is 1.08 bits per heavy atom. The maximum atomic E-state index is 13.2. The molecule has 0 saturated carbocycles. The van der Waals surface area contributed by atoms with E-state index in [1.807, 2.05) is 24.3 Å². The van der Waals surface area contributed by atoms with Crippen molar-refractivity contribution in [2.24, 2.45) is 0 Å². The molecule has 1 aliphatic rings. The quantitative estimate of drug-likeness (QED) is 0.812. The van der Waals surface area contributed by atoms with Crippen LogP contribution in [0, 0.1) is 5.95 Å². The van der Waals surface area contributed by atoms with E-state index in [1.165, 1.54) is 12.1 Å². The number of hydrogen-bond donors (Lipinski definition) is 0. The minimum Gasteiger partial charge on any atom is -0.497 e. The van der Waals surface area contributed by atoms with Gasteiger partial charge in [-0.1, -0.05) is 6.07 Å². The summed E-state index contributed by atoms with van der Waals surface area (Å²) < 4.78 is 18.4. The lowest BCUT2D eigenvalue weighted by Crippen LogP contribution is -2.35. The van der Waals surface area contributed by atoms with Crippen LogP contribution in [0.15, 0.2) is 42.5 Å². The summed E-state index contributed by atoms with van der Waals surface area (Å²) in [5.41, 5.74) is 1.27. The maximum absolute atomic E-state index is 13.2. The van der Waals surface area contributed by atoms with Gasteiger partial charge in [0, 0.05) is 31.9 Å². The number of carbonyl (C=O) groups is 1. The number of benzene rings is 1. The van der Waals surface area contributed by atoms with Gasteiger partial charge in [0.15, 0.2) is 0 Å². The van der Waals surface area contributed by atoms with Crippen molar-refractivity contribution in [1.82, 2.24) is 9.88 Å². The van der Waals surface area contributed by atoms with Crippen LogP contribution >= 0.6 is 0 Å². The zero-order valence-electron chi connectivity index (χ0n) is 13.6. The van der Waals surface area contributed by atoms with E-state index >= 15 is 0 Å². The minimum absolute atomic E-state index is 0.160. The first-order chi connectivity index (χ1) is 11.7. The molecule has 1 aliphatic heterocycles. The van der Waals surface area contributed by atoms with Gasteiger partial charge in [0.25, 0.3) is 5.91 Å². The van der Waals surface area contributed by atoms with Crippen molar-refractivity contribution in [3.8, 4) is 5.75 Å². The van der Waals surface area contributed by atoms with E-state index in [9.17, 15) is 9.18 Å². The fourth-order valence-corrected chi connectivity index (χ4v) is 2.86. The van der Waals surface area contributed by atoms with Gasteiger partial charge in [-0.2, -0.15) is 4.39 Å². The predicted molar refractivity (Wildman–Crippen MR) is 89.9 cm³/mol. The minimum atomic E-state index is -0.629. The topological polar surface area (TPSA) is 45.7 Å². The summed E-state index contributed by atoms with van der Waals surface area (Å²) in [7, 11) is 1.64.